The fourth-order valence-corrected chi connectivity index (χ4v) is 3.02. The van der Waals surface area contributed by atoms with Crippen LogP contribution in [0.2, 0.25) is 0 Å². The maximum absolute atomic E-state index is 12.2. The third kappa shape index (κ3) is 5.03. The SMILES string of the molecule is CCOc1ccc(SCC(=O)Nc2c(C)cccc2CC)cc1. The van der Waals surface area contributed by atoms with E-state index in [2.05, 4.69) is 18.3 Å². The average Bonchev–Trinajstić information content (AvgIpc) is 2.56. The summed E-state index contributed by atoms with van der Waals surface area (Å²) in [6.07, 6.45) is 0.906. The van der Waals surface area contributed by atoms with Crippen LogP contribution in [-0.2, 0) is 11.2 Å². The number of carbonyl (C=O) groups is 1. The maximum atomic E-state index is 12.2. The van der Waals surface area contributed by atoms with Gasteiger partial charge < -0.3 is 10.1 Å². The average molecular weight is 329 g/mol. The Morgan fingerprint density at radius 1 is 1.13 bits per heavy atom. The molecule has 2 rings (SSSR count). The van der Waals surface area contributed by atoms with Crippen molar-refractivity contribution < 1.29 is 9.53 Å². The molecule has 0 atom stereocenters. The zero-order valence-electron chi connectivity index (χ0n) is 13.9. The molecule has 0 aliphatic heterocycles. The van der Waals surface area contributed by atoms with Gasteiger partial charge in [0.05, 0.1) is 12.4 Å². The lowest BCUT2D eigenvalue weighted by Gasteiger charge is -2.13. The van der Waals surface area contributed by atoms with E-state index in [0.29, 0.717) is 12.4 Å². The van der Waals surface area contributed by atoms with Gasteiger partial charge in [0.2, 0.25) is 5.91 Å². The first kappa shape index (κ1) is 17.4. The van der Waals surface area contributed by atoms with Crippen LogP contribution in [0.4, 0.5) is 5.69 Å². The molecule has 4 heteroatoms. The summed E-state index contributed by atoms with van der Waals surface area (Å²) in [6, 6.07) is 13.9. The van der Waals surface area contributed by atoms with Gasteiger partial charge in [-0.05, 0) is 55.7 Å². The Balaban J connectivity index is 1.93. The van der Waals surface area contributed by atoms with Gasteiger partial charge in [-0.15, -0.1) is 11.8 Å². The molecule has 0 aromatic heterocycles. The molecule has 0 saturated carbocycles. The molecule has 122 valence electrons. The lowest BCUT2D eigenvalue weighted by Crippen LogP contribution is -2.16. The van der Waals surface area contributed by atoms with Gasteiger partial charge in [0.1, 0.15) is 5.75 Å². The number of para-hydroxylation sites is 1. The van der Waals surface area contributed by atoms with Crippen LogP contribution in [0.25, 0.3) is 0 Å². The Bertz CT molecular complexity index is 653. The Morgan fingerprint density at radius 2 is 1.87 bits per heavy atom. The van der Waals surface area contributed by atoms with E-state index < -0.39 is 0 Å². The predicted octanol–water partition coefficient (Wildman–Crippen LogP) is 4.69. The van der Waals surface area contributed by atoms with Crippen LogP contribution >= 0.6 is 11.8 Å². The fraction of sp³-hybridized carbons (Fsp3) is 0.316. The lowest BCUT2D eigenvalue weighted by atomic mass is 10.1. The molecular formula is C19H23NO2S. The van der Waals surface area contributed by atoms with Crippen LogP contribution in [0.1, 0.15) is 25.0 Å². The highest BCUT2D eigenvalue weighted by atomic mass is 32.2. The molecule has 0 saturated heterocycles. The van der Waals surface area contributed by atoms with Crippen molar-refractivity contribution in [3.05, 3.63) is 53.6 Å². The number of aryl methyl sites for hydroxylation is 2. The number of nitrogens with one attached hydrogen (secondary N) is 1. The Labute approximate surface area is 142 Å². The van der Waals surface area contributed by atoms with Crippen molar-refractivity contribution in [3.63, 3.8) is 0 Å². The summed E-state index contributed by atoms with van der Waals surface area (Å²) in [5.74, 6) is 1.27. The van der Waals surface area contributed by atoms with Gasteiger partial charge in [-0.1, -0.05) is 25.1 Å². The van der Waals surface area contributed by atoms with Crippen LogP contribution in [0, 0.1) is 6.92 Å². The molecular weight excluding hydrogens is 306 g/mol. The van der Waals surface area contributed by atoms with E-state index in [0.717, 1.165) is 28.3 Å². The van der Waals surface area contributed by atoms with Gasteiger partial charge in [-0.3, -0.25) is 4.79 Å². The lowest BCUT2D eigenvalue weighted by molar-refractivity contribution is -0.113. The topological polar surface area (TPSA) is 38.3 Å². The quantitative estimate of drug-likeness (QED) is 0.749. The summed E-state index contributed by atoms with van der Waals surface area (Å²) < 4.78 is 5.42. The van der Waals surface area contributed by atoms with Crippen LogP contribution < -0.4 is 10.1 Å². The molecule has 0 heterocycles. The largest absolute Gasteiger partial charge is 0.494 e. The molecule has 3 nitrogen and oxygen atoms in total. The molecule has 0 radical (unpaired) electrons. The highest BCUT2D eigenvalue weighted by Gasteiger charge is 2.09. The van der Waals surface area contributed by atoms with E-state index in [1.54, 1.807) is 0 Å². The summed E-state index contributed by atoms with van der Waals surface area (Å²) in [5.41, 5.74) is 3.22. The van der Waals surface area contributed by atoms with Crippen LogP contribution in [0.15, 0.2) is 47.4 Å². The Morgan fingerprint density at radius 3 is 2.52 bits per heavy atom. The second kappa shape index (κ2) is 8.63. The van der Waals surface area contributed by atoms with Gasteiger partial charge >= 0.3 is 0 Å². The van der Waals surface area contributed by atoms with E-state index in [1.807, 2.05) is 50.2 Å². The van der Waals surface area contributed by atoms with Crippen molar-refractivity contribution in [2.45, 2.75) is 32.1 Å². The van der Waals surface area contributed by atoms with Crippen molar-refractivity contribution in [2.75, 3.05) is 17.7 Å². The summed E-state index contributed by atoms with van der Waals surface area (Å²) in [6.45, 7) is 6.74. The molecule has 1 amide bonds. The molecule has 0 aliphatic rings. The first-order chi connectivity index (χ1) is 11.1. The Hall–Kier alpha value is -1.94. The molecule has 2 aromatic rings. The molecule has 23 heavy (non-hydrogen) atoms. The number of hydrogen-bond donors (Lipinski definition) is 1. The third-order valence-electron chi connectivity index (χ3n) is 3.51. The zero-order valence-corrected chi connectivity index (χ0v) is 14.7. The smallest absolute Gasteiger partial charge is 0.234 e. The van der Waals surface area contributed by atoms with Crippen molar-refractivity contribution >= 4 is 23.4 Å². The highest BCUT2D eigenvalue weighted by Crippen LogP contribution is 2.24. The summed E-state index contributed by atoms with van der Waals surface area (Å²) in [5, 5.41) is 3.05. The van der Waals surface area contributed by atoms with Crippen LogP contribution in [0.3, 0.4) is 0 Å². The summed E-state index contributed by atoms with van der Waals surface area (Å²) >= 11 is 1.53. The van der Waals surface area contributed by atoms with Gasteiger partial charge in [0.25, 0.3) is 0 Å². The highest BCUT2D eigenvalue weighted by molar-refractivity contribution is 8.00. The van der Waals surface area contributed by atoms with Gasteiger partial charge in [0.15, 0.2) is 0 Å². The molecule has 0 bridgehead atoms. The van der Waals surface area contributed by atoms with Crippen molar-refractivity contribution in [1.82, 2.24) is 0 Å². The van der Waals surface area contributed by atoms with Crippen LogP contribution in [-0.4, -0.2) is 18.3 Å². The molecule has 0 spiro atoms. The third-order valence-corrected chi connectivity index (χ3v) is 4.52. The standard InChI is InChI=1S/C19H23NO2S/c1-4-15-8-6-7-14(3)19(15)20-18(21)13-23-17-11-9-16(10-12-17)22-5-2/h6-12H,4-5,13H2,1-3H3,(H,20,21). The molecule has 0 fully saturated rings. The normalized spacial score (nSPS) is 10.4. The minimum Gasteiger partial charge on any atom is -0.494 e. The van der Waals surface area contributed by atoms with Crippen molar-refractivity contribution in [1.29, 1.82) is 0 Å². The molecule has 0 aliphatic carbocycles. The molecule has 0 unspecified atom stereocenters. The van der Waals surface area contributed by atoms with E-state index in [-0.39, 0.29) is 5.91 Å². The number of hydrogen-bond acceptors (Lipinski definition) is 3. The van der Waals surface area contributed by atoms with Gasteiger partial charge in [0, 0.05) is 10.6 Å². The van der Waals surface area contributed by atoms with Gasteiger partial charge in [-0.2, -0.15) is 0 Å². The Kier molecular flexibility index (Phi) is 6.53. The zero-order chi connectivity index (χ0) is 16.7. The first-order valence-electron chi connectivity index (χ1n) is 7.88. The van der Waals surface area contributed by atoms with Crippen molar-refractivity contribution in [3.8, 4) is 5.75 Å². The fourth-order valence-electron chi connectivity index (χ4n) is 2.33. The maximum Gasteiger partial charge on any atom is 0.234 e. The number of ether oxygens (including phenoxy) is 1. The molecule has 2 aromatic carbocycles. The predicted molar refractivity (Wildman–Crippen MR) is 97.5 cm³/mol. The monoisotopic (exact) mass is 329 g/mol. The number of carbonyl (C=O) groups excluding carboxylic acids is 1. The number of amides is 1. The minimum absolute atomic E-state index is 0.0212. The number of anilines is 1. The first-order valence-corrected chi connectivity index (χ1v) is 8.86. The van der Waals surface area contributed by atoms with Gasteiger partial charge in [-0.25, -0.2) is 0 Å². The number of rotatable bonds is 7. The summed E-state index contributed by atoms with van der Waals surface area (Å²) in [7, 11) is 0. The summed E-state index contributed by atoms with van der Waals surface area (Å²) in [4.78, 5) is 13.3. The number of benzene rings is 2. The second-order valence-corrected chi connectivity index (χ2v) is 6.25. The number of thioether (sulfide) groups is 1. The molecule has 1 N–H and O–H groups in total. The van der Waals surface area contributed by atoms with E-state index in [9.17, 15) is 4.79 Å². The van der Waals surface area contributed by atoms with E-state index in [4.69, 9.17) is 4.74 Å². The van der Waals surface area contributed by atoms with E-state index in [1.165, 1.54) is 17.3 Å². The van der Waals surface area contributed by atoms with Crippen molar-refractivity contribution in [2.24, 2.45) is 0 Å². The van der Waals surface area contributed by atoms with E-state index >= 15 is 0 Å². The second-order valence-electron chi connectivity index (χ2n) is 5.20. The van der Waals surface area contributed by atoms with Crippen LogP contribution in [0.5, 0.6) is 5.75 Å². The minimum atomic E-state index is 0.0212.